The highest BCUT2D eigenvalue weighted by atomic mass is 16.5. The van der Waals surface area contributed by atoms with Crippen molar-refractivity contribution in [3.05, 3.63) is 11.6 Å². The van der Waals surface area contributed by atoms with E-state index in [-0.39, 0.29) is 0 Å². The van der Waals surface area contributed by atoms with Crippen LogP contribution in [0.5, 0.6) is 0 Å². The number of aromatic nitrogens is 3. The molecule has 17 heavy (non-hydrogen) atoms. The van der Waals surface area contributed by atoms with Crippen LogP contribution >= 0.6 is 0 Å². The average molecular weight is 238 g/mol. The highest BCUT2D eigenvalue weighted by Gasteiger charge is 2.20. The molecule has 2 rings (SSSR count). The number of hydrogen-bond donors (Lipinski definition) is 1. The maximum atomic E-state index is 5.38. The molecule has 0 amide bonds. The van der Waals surface area contributed by atoms with Crippen LogP contribution in [0, 0.1) is 12.8 Å². The fourth-order valence-corrected chi connectivity index (χ4v) is 2.24. The zero-order chi connectivity index (χ0) is 12.3. The number of nitrogens with zero attached hydrogens (tertiary/aromatic N) is 3. The second-order valence-electron chi connectivity index (χ2n) is 4.84. The van der Waals surface area contributed by atoms with Crippen molar-refractivity contribution in [3.63, 3.8) is 0 Å². The number of nitrogens with one attached hydrogen (secondary N) is 1. The lowest BCUT2D eigenvalue weighted by molar-refractivity contribution is 0.0556. The third-order valence-corrected chi connectivity index (χ3v) is 3.74. The van der Waals surface area contributed by atoms with E-state index in [1.807, 2.05) is 18.5 Å². The minimum absolute atomic E-state index is 0.510. The van der Waals surface area contributed by atoms with Crippen molar-refractivity contribution in [3.8, 4) is 0 Å². The first kappa shape index (κ1) is 12.5. The SMILES string of the molecule is Cc1nnc(CNC(C)C2CCOCC2)n1C. The van der Waals surface area contributed by atoms with Crippen LogP contribution in [0.25, 0.3) is 0 Å². The molecule has 1 aliphatic rings. The van der Waals surface area contributed by atoms with Crippen LogP contribution in [0.1, 0.15) is 31.4 Å². The van der Waals surface area contributed by atoms with Gasteiger partial charge in [0.15, 0.2) is 0 Å². The Morgan fingerprint density at radius 3 is 2.71 bits per heavy atom. The van der Waals surface area contributed by atoms with Gasteiger partial charge in [0, 0.05) is 26.3 Å². The first-order chi connectivity index (χ1) is 8.18. The Kier molecular flexibility index (Phi) is 4.12. The normalized spacial score (nSPS) is 19.5. The van der Waals surface area contributed by atoms with E-state index in [0.29, 0.717) is 6.04 Å². The highest BCUT2D eigenvalue weighted by Crippen LogP contribution is 2.18. The van der Waals surface area contributed by atoms with Gasteiger partial charge in [0.1, 0.15) is 11.6 Å². The van der Waals surface area contributed by atoms with Crippen LogP contribution in [0.4, 0.5) is 0 Å². The number of aryl methyl sites for hydroxylation is 1. The van der Waals surface area contributed by atoms with Gasteiger partial charge in [0.25, 0.3) is 0 Å². The van der Waals surface area contributed by atoms with Crippen molar-refractivity contribution >= 4 is 0 Å². The summed E-state index contributed by atoms with van der Waals surface area (Å²) >= 11 is 0. The Hall–Kier alpha value is -0.940. The number of hydrogen-bond acceptors (Lipinski definition) is 4. The van der Waals surface area contributed by atoms with Crippen LogP contribution in [-0.2, 0) is 18.3 Å². The monoisotopic (exact) mass is 238 g/mol. The van der Waals surface area contributed by atoms with Crippen LogP contribution < -0.4 is 5.32 Å². The van der Waals surface area contributed by atoms with Gasteiger partial charge >= 0.3 is 0 Å². The minimum atomic E-state index is 0.510. The summed E-state index contributed by atoms with van der Waals surface area (Å²) in [7, 11) is 2.01. The molecule has 1 aliphatic heterocycles. The van der Waals surface area contributed by atoms with Crippen LogP contribution in [0.15, 0.2) is 0 Å². The van der Waals surface area contributed by atoms with Gasteiger partial charge in [0.2, 0.25) is 0 Å². The molecular formula is C12H22N4O. The molecule has 1 N–H and O–H groups in total. The Balaban J connectivity index is 1.83. The summed E-state index contributed by atoms with van der Waals surface area (Å²) in [6.07, 6.45) is 2.32. The molecule has 5 heteroatoms. The molecule has 0 saturated carbocycles. The molecule has 1 unspecified atom stereocenters. The number of rotatable bonds is 4. The van der Waals surface area contributed by atoms with E-state index >= 15 is 0 Å². The Morgan fingerprint density at radius 1 is 1.41 bits per heavy atom. The molecule has 0 radical (unpaired) electrons. The lowest BCUT2D eigenvalue weighted by Crippen LogP contribution is -2.36. The van der Waals surface area contributed by atoms with Crippen molar-refractivity contribution < 1.29 is 4.74 Å². The van der Waals surface area contributed by atoms with Gasteiger partial charge in [-0.1, -0.05) is 0 Å². The van der Waals surface area contributed by atoms with Crippen LogP contribution in [0.3, 0.4) is 0 Å². The lowest BCUT2D eigenvalue weighted by Gasteiger charge is -2.28. The Morgan fingerprint density at radius 2 is 2.12 bits per heavy atom. The molecule has 1 aromatic rings. The third-order valence-electron chi connectivity index (χ3n) is 3.74. The maximum absolute atomic E-state index is 5.38. The van der Waals surface area contributed by atoms with Crippen LogP contribution in [-0.4, -0.2) is 34.0 Å². The smallest absolute Gasteiger partial charge is 0.146 e. The van der Waals surface area contributed by atoms with E-state index in [1.54, 1.807) is 0 Å². The van der Waals surface area contributed by atoms with E-state index in [0.717, 1.165) is 50.2 Å². The van der Waals surface area contributed by atoms with Gasteiger partial charge < -0.3 is 14.6 Å². The molecule has 1 fully saturated rings. The second kappa shape index (κ2) is 5.60. The van der Waals surface area contributed by atoms with Gasteiger partial charge in [-0.05, 0) is 32.6 Å². The molecule has 0 spiro atoms. The third kappa shape index (κ3) is 3.04. The Labute approximate surface area is 103 Å². The standard InChI is InChI=1S/C12H22N4O/c1-9(11-4-6-17-7-5-11)13-8-12-15-14-10(2)16(12)3/h9,11,13H,4-8H2,1-3H3. The highest BCUT2D eigenvalue weighted by molar-refractivity contribution is 4.92. The fourth-order valence-electron chi connectivity index (χ4n) is 2.24. The van der Waals surface area contributed by atoms with Gasteiger partial charge in [0.05, 0.1) is 6.54 Å². The summed E-state index contributed by atoms with van der Waals surface area (Å²) in [6.45, 7) is 6.81. The van der Waals surface area contributed by atoms with Crippen molar-refractivity contribution in [1.82, 2.24) is 20.1 Å². The molecule has 2 heterocycles. The summed E-state index contributed by atoms with van der Waals surface area (Å²) in [6, 6.07) is 0.510. The summed E-state index contributed by atoms with van der Waals surface area (Å²) in [4.78, 5) is 0. The summed E-state index contributed by atoms with van der Waals surface area (Å²) in [5.41, 5.74) is 0. The molecule has 0 bridgehead atoms. The van der Waals surface area contributed by atoms with Crippen LogP contribution in [0.2, 0.25) is 0 Å². The van der Waals surface area contributed by atoms with E-state index in [4.69, 9.17) is 4.74 Å². The first-order valence-electron chi connectivity index (χ1n) is 6.34. The summed E-state index contributed by atoms with van der Waals surface area (Å²) in [5.74, 6) is 2.68. The molecule has 1 aromatic heterocycles. The maximum Gasteiger partial charge on any atom is 0.146 e. The van der Waals surface area contributed by atoms with E-state index in [9.17, 15) is 0 Å². The predicted molar refractivity (Wildman–Crippen MR) is 65.6 cm³/mol. The molecular weight excluding hydrogens is 216 g/mol. The number of ether oxygens (including phenoxy) is 1. The van der Waals surface area contributed by atoms with Gasteiger partial charge in [-0.3, -0.25) is 0 Å². The molecule has 1 saturated heterocycles. The predicted octanol–water partition coefficient (Wildman–Crippen LogP) is 1.03. The van der Waals surface area contributed by atoms with E-state index in [1.165, 1.54) is 0 Å². The molecule has 1 atom stereocenters. The van der Waals surface area contributed by atoms with Gasteiger partial charge in [-0.15, -0.1) is 10.2 Å². The van der Waals surface area contributed by atoms with Gasteiger partial charge in [-0.25, -0.2) is 0 Å². The first-order valence-corrected chi connectivity index (χ1v) is 6.34. The summed E-state index contributed by atoms with van der Waals surface area (Å²) in [5, 5.41) is 11.8. The fraction of sp³-hybridized carbons (Fsp3) is 0.833. The minimum Gasteiger partial charge on any atom is -0.381 e. The molecule has 0 aromatic carbocycles. The van der Waals surface area contributed by atoms with E-state index in [2.05, 4.69) is 22.4 Å². The summed E-state index contributed by atoms with van der Waals surface area (Å²) < 4.78 is 7.41. The van der Waals surface area contributed by atoms with Gasteiger partial charge in [-0.2, -0.15) is 0 Å². The zero-order valence-electron chi connectivity index (χ0n) is 10.9. The molecule has 0 aliphatic carbocycles. The van der Waals surface area contributed by atoms with Crippen molar-refractivity contribution in [2.24, 2.45) is 13.0 Å². The molecule has 96 valence electrons. The molecule has 5 nitrogen and oxygen atoms in total. The average Bonchev–Trinajstić information content (AvgIpc) is 2.68. The quantitative estimate of drug-likeness (QED) is 0.851. The van der Waals surface area contributed by atoms with E-state index < -0.39 is 0 Å². The zero-order valence-corrected chi connectivity index (χ0v) is 10.9. The van der Waals surface area contributed by atoms with Crippen molar-refractivity contribution in [2.45, 2.75) is 39.3 Å². The van der Waals surface area contributed by atoms with Crippen molar-refractivity contribution in [1.29, 1.82) is 0 Å². The van der Waals surface area contributed by atoms with Crippen molar-refractivity contribution in [2.75, 3.05) is 13.2 Å². The largest absolute Gasteiger partial charge is 0.381 e. The Bertz CT molecular complexity index is 357. The lowest BCUT2D eigenvalue weighted by atomic mass is 9.93. The topological polar surface area (TPSA) is 52.0 Å². The second-order valence-corrected chi connectivity index (χ2v) is 4.84.